The van der Waals surface area contributed by atoms with Crippen molar-refractivity contribution in [3.63, 3.8) is 0 Å². The average molecular weight is 359 g/mol. The molecule has 2 aromatic rings. The zero-order valence-electron chi connectivity index (χ0n) is 16.1. The van der Waals surface area contributed by atoms with E-state index in [-0.39, 0.29) is 0 Å². The summed E-state index contributed by atoms with van der Waals surface area (Å²) in [5, 5.41) is 10.9. The number of aliphatic imine (C=N–C) groups is 1. The molecule has 2 rings (SSSR count). The molecule has 1 aromatic heterocycles. The molecule has 0 saturated carbocycles. The number of nitrogens with one attached hydrogen (secondary N) is 2. The number of rotatable bonds is 9. The van der Waals surface area contributed by atoms with Crippen LogP contribution in [0.15, 0.2) is 35.6 Å². The summed E-state index contributed by atoms with van der Waals surface area (Å²) >= 11 is 0. The van der Waals surface area contributed by atoms with E-state index >= 15 is 0 Å². The largest absolute Gasteiger partial charge is 0.493 e. The monoisotopic (exact) mass is 359 g/mol. The van der Waals surface area contributed by atoms with E-state index < -0.39 is 0 Å². The van der Waals surface area contributed by atoms with Crippen LogP contribution in [-0.2, 0) is 6.54 Å². The van der Waals surface area contributed by atoms with Crippen LogP contribution in [0.1, 0.15) is 25.8 Å². The van der Waals surface area contributed by atoms with E-state index in [1.807, 2.05) is 56.0 Å². The number of benzene rings is 1. The molecular formula is C19H29N5O2. The maximum atomic E-state index is 5.62. The highest BCUT2D eigenvalue weighted by molar-refractivity contribution is 5.93. The highest BCUT2D eigenvalue weighted by Gasteiger charge is 2.07. The van der Waals surface area contributed by atoms with Crippen molar-refractivity contribution in [1.29, 1.82) is 0 Å². The Morgan fingerprint density at radius 2 is 2.12 bits per heavy atom. The fraction of sp³-hybridized carbons (Fsp3) is 0.474. The molecular weight excluding hydrogens is 330 g/mol. The fourth-order valence-electron chi connectivity index (χ4n) is 2.48. The molecule has 0 saturated heterocycles. The summed E-state index contributed by atoms with van der Waals surface area (Å²) in [4.78, 5) is 4.63. The number of methoxy groups -OCH3 is 1. The predicted molar refractivity (Wildman–Crippen MR) is 105 cm³/mol. The first-order valence-electron chi connectivity index (χ1n) is 9.01. The predicted octanol–water partition coefficient (Wildman–Crippen LogP) is 3.07. The Kier molecular flexibility index (Phi) is 7.79. The average Bonchev–Trinajstić information content (AvgIpc) is 3.05. The highest BCUT2D eigenvalue weighted by atomic mass is 16.5. The number of guanidine groups is 1. The Morgan fingerprint density at radius 3 is 2.77 bits per heavy atom. The van der Waals surface area contributed by atoms with Crippen LogP contribution < -0.4 is 20.1 Å². The minimum absolute atomic E-state index is 0.584. The molecule has 7 nitrogen and oxygen atoms in total. The van der Waals surface area contributed by atoms with Gasteiger partial charge in [0.2, 0.25) is 0 Å². The van der Waals surface area contributed by atoms with Gasteiger partial charge in [-0.3, -0.25) is 9.67 Å². The molecule has 2 N–H and O–H groups in total. The van der Waals surface area contributed by atoms with Gasteiger partial charge in [0.15, 0.2) is 17.5 Å². The summed E-state index contributed by atoms with van der Waals surface area (Å²) in [7, 11) is 1.64. The van der Waals surface area contributed by atoms with Crippen molar-refractivity contribution in [3.8, 4) is 11.5 Å². The Labute approximate surface area is 155 Å². The molecule has 142 valence electrons. The van der Waals surface area contributed by atoms with Crippen molar-refractivity contribution < 1.29 is 9.47 Å². The summed E-state index contributed by atoms with van der Waals surface area (Å²) in [6.45, 7) is 8.98. The molecule has 0 aliphatic heterocycles. The second-order valence-electron chi connectivity index (χ2n) is 5.82. The van der Waals surface area contributed by atoms with Crippen LogP contribution >= 0.6 is 0 Å². The van der Waals surface area contributed by atoms with Crippen LogP contribution in [-0.4, -0.2) is 42.5 Å². The van der Waals surface area contributed by atoms with Crippen molar-refractivity contribution in [2.45, 2.75) is 33.7 Å². The third kappa shape index (κ3) is 5.98. The zero-order valence-corrected chi connectivity index (χ0v) is 16.1. The van der Waals surface area contributed by atoms with Gasteiger partial charge in [0, 0.05) is 37.6 Å². The van der Waals surface area contributed by atoms with E-state index in [0.717, 1.165) is 31.2 Å². The van der Waals surface area contributed by atoms with Crippen LogP contribution in [0.5, 0.6) is 11.5 Å². The van der Waals surface area contributed by atoms with E-state index in [4.69, 9.17) is 9.47 Å². The van der Waals surface area contributed by atoms with Crippen LogP contribution in [0.3, 0.4) is 0 Å². The fourth-order valence-corrected chi connectivity index (χ4v) is 2.48. The van der Waals surface area contributed by atoms with E-state index in [9.17, 15) is 0 Å². The van der Waals surface area contributed by atoms with E-state index in [1.165, 1.54) is 5.56 Å². The molecule has 7 heteroatoms. The topological polar surface area (TPSA) is 72.7 Å². The van der Waals surface area contributed by atoms with Gasteiger partial charge in [-0.05, 0) is 44.9 Å². The molecule has 0 unspecified atom stereocenters. The molecule has 0 radical (unpaired) electrons. The van der Waals surface area contributed by atoms with Crippen molar-refractivity contribution in [2.75, 3.05) is 32.1 Å². The van der Waals surface area contributed by atoms with Crippen LogP contribution in [0.2, 0.25) is 0 Å². The lowest BCUT2D eigenvalue weighted by molar-refractivity contribution is 0.311. The van der Waals surface area contributed by atoms with Gasteiger partial charge in [-0.2, -0.15) is 5.10 Å². The number of aryl methyl sites for hydroxylation is 2. The number of ether oxygens (including phenoxy) is 2. The van der Waals surface area contributed by atoms with Crippen molar-refractivity contribution in [3.05, 3.63) is 36.2 Å². The first kappa shape index (κ1) is 19.6. The highest BCUT2D eigenvalue weighted by Crippen LogP contribution is 2.30. The number of aromatic nitrogens is 2. The quantitative estimate of drug-likeness (QED) is 0.409. The summed E-state index contributed by atoms with van der Waals surface area (Å²) in [6, 6.07) is 5.75. The van der Waals surface area contributed by atoms with Crippen molar-refractivity contribution in [2.24, 2.45) is 4.99 Å². The summed E-state index contributed by atoms with van der Waals surface area (Å²) in [5.74, 6) is 2.18. The molecule has 26 heavy (non-hydrogen) atoms. The Morgan fingerprint density at radius 1 is 1.27 bits per heavy atom. The molecule has 0 aliphatic rings. The second kappa shape index (κ2) is 10.3. The molecule has 0 bridgehead atoms. The van der Waals surface area contributed by atoms with Gasteiger partial charge in [0.25, 0.3) is 0 Å². The van der Waals surface area contributed by atoms with Gasteiger partial charge in [0.05, 0.1) is 19.9 Å². The molecule has 0 fully saturated rings. The first-order chi connectivity index (χ1) is 12.7. The zero-order chi connectivity index (χ0) is 18.8. The van der Waals surface area contributed by atoms with Gasteiger partial charge in [0.1, 0.15) is 0 Å². The summed E-state index contributed by atoms with van der Waals surface area (Å²) in [6.07, 6.45) is 4.83. The van der Waals surface area contributed by atoms with Crippen LogP contribution in [0, 0.1) is 6.92 Å². The maximum Gasteiger partial charge on any atom is 0.195 e. The number of anilines is 1. The number of hydrogen-bond acceptors (Lipinski definition) is 4. The third-order valence-corrected chi connectivity index (χ3v) is 3.65. The lowest BCUT2D eigenvalue weighted by Gasteiger charge is -2.14. The molecule has 0 aliphatic carbocycles. The summed E-state index contributed by atoms with van der Waals surface area (Å²) in [5.41, 5.74) is 2.07. The number of hydrogen-bond donors (Lipinski definition) is 2. The Hall–Kier alpha value is -2.70. The first-order valence-corrected chi connectivity index (χ1v) is 9.01. The van der Waals surface area contributed by atoms with Gasteiger partial charge < -0.3 is 20.1 Å². The van der Waals surface area contributed by atoms with E-state index in [1.54, 1.807) is 7.11 Å². The van der Waals surface area contributed by atoms with E-state index in [0.29, 0.717) is 24.7 Å². The molecule has 0 amide bonds. The normalized spacial score (nSPS) is 11.3. The van der Waals surface area contributed by atoms with Crippen molar-refractivity contribution in [1.82, 2.24) is 15.1 Å². The van der Waals surface area contributed by atoms with Crippen molar-refractivity contribution >= 4 is 11.6 Å². The third-order valence-electron chi connectivity index (χ3n) is 3.65. The SMILES string of the molecule is CCNC(=NCCCn1cc(C)cn1)Nc1ccc(OC)c(OCC)c1. The minimum atomic E-state index is 0.584. The van der Waals surface area contributed by atoms with E-state index in [2.05, 4.69) is 20.7 Å². The lowest BCUT2D eigenvalue weighted by atomic mass is 10.2. The van der Waals surface area contributed by atoms with Gasteiger partial charge in [-0.1, -0.05) is 0 Å². The smallest absolute Gasteiger partial charge is 0.195 e. The van der Waals surface area contributed by atoms with Crippen LogP contribution in [0.25, 0.3) is 0 Å². The van der Waals surface area contributed by atoms with Gasteiger partial charge in [-0.25, -0.2) is 0 Å². The molecule has 1 heterocycles. The standard InChI is InChI=1S/C19H29N5O2/c1-5-20-19(21-10-7-11-24-14-15(3)13-22-24)23-16-8-9-17(25-4)18(12-16)26-6-2/h8-9,12-14H,5-7,10-11H2,1-4H3,(H2,20,21,23). The minimum Gasteiger partial charge on any atom is -0.493 e. The van der Waals surface area contributed by atoms with Gasteiger partial charge in [-0.15, -0.1) is 0 Å². The van der Waals surface area contributed by atoms with Gasteiger partial charge >= 0.3 is 0 Å². The maximum absolute atomic E-state index is 5.62. The lowest BCUT2D eigenvalue weighted by Crippen LogP contribution is -2.30. The molecule has 1 aromatic carbocycles. The summed E-state index contributed by atoms with van der Waals surface area (Å²) < 4.78 is 12.9. The van der Waals surface area contributed by atoms with Crippen LogP contribution in [0.4, 0.5) is 5.69 Å². The number of nitrogens with zero attached hydrogens (tertiary/aromatic N) is 3. The molecule has 0 spiro atoms. The Bertz CT molecular complexity index is 712. The molecule has 0 atom stereocenters. The Balaban J connectivity index is 1.96. The second-order valence-corrected chi connectivity index (χ2v) is 5.82.